The van der Waals surface area contributed by atoms with Gasteiger partial charge in [-0.1, -0.05) is 333 Å². The van der Waals surface area contributed by atoms with Gasteiger partial charge in [0.15, 0.2) is 0 Å². The molecular weight excluding hydrogens is 959 g/mol. The monoisotopic (exact) mass is 1100 g/mol. The van der Waals surface area contributed by atoms with Gasteiger partial charge in [-0.15, -0.1) is 0 Å². The van der Waals surface area contributed by atoms with E-state index in [1.807, 2.05) is 6.08 Å². The average Bonchev–Trinajstić information content (AvgIpc) is 3.44. The Labute approximate surface area is 487 Å². The van der Waals surface area contributed by atoms with Crippen LogP contribution in [0.4, 0.5) is 0 Å². The van der Waals surface area contributed by atoms with Crippen molar-refractivity contribution in [2.45, 2.75) is 398 Å². The van der Waals surface area contributed by atoms with Crippen molar-refractivity contribution >= 4 is 11.9 Å². The number of aliphatic hydroxyl groups is 2. The highest BCUT2D eigenvalue weighted by Gasteiger charge is 2.18. The van der Waals surface area contributed by atoms with E-state index in [2.05, 4.69) is 43.5 Å². The first kappa shape index (κ1) is 76.1. The maximum absolute atomic E-state index is 12.5. The summed E-state index contributed by atoms with van der Waals surface area (Å²) in [5, 5.41) is 23.1. The van der Waals surface area contributed by atoms with Gasteiger partial charge in [0.05, 0.1) is 25.4 Å². The minimum Gasteiger partial charge on any atom is -0.466 e. The highest BCUT2D eigenvalue weighted by atomic mass is 16.5. The molecule has 0 aliphatic carbocycles. The van der Waals surface area contributed by atoms with Gasteiger partial charge in [-0.05, 0) is 77.0 Å². The number of carbonyl (C=O) groups is 2. The van der Waals surface area contributed by atoms with Crippen molar-refractivity contribution < 1.29 is 24.5 Å². The lowest BCUT2D eigenvalue weighted by Crippen LogP contribution is -2.45. The Bertz CT molecular complexity index is 1260. The van der Waals surface area contributed by atoms with Crippen molar-refractivity contribution in [1.29, 1.82) is 0 Å². The molecule has 460 valence electrons. The number of amides is 1. The lowest BCUT2D eigenvalue weighted by Gasteiger charge is -2.20. The molecule has 0 aliphatic heterocycles. The number of nitrogens with one attached hydrogen (secondary N) is 1. The summed E-state index contributed by atoms with van der Waals surface area (Å²) < 4.78 is 5.47. The van der Waals surface area contributed by atoms with Crippen molar-refractivity contribution in [3.63, 3.8) is 0 Å². The molecule has 0 aliphatic rings. The number of carbonyl (C=O) groups excluding carboxylic acids is 2. The predicted molar refractivity (Wildman–Crippen MR) is 343 cm³/mol. The van der Waals surface area contributed by atoms with Crippen molar-refractivity contribution in [2.75, 3.05) is 13.2 Å². The lowest BCUT2D eigenvalue weighted by atomic mass is 10.0. The number of esters is 1. The first-order valence-corrected chi connectivity index (χ1v) is 35.3. The van der Waals surface area contributed by atoms with Gasteiger partial charge in [0, 0.05) is 12.8 Å². The normalized spacial score (nSPS) is 12.7. The van der Waals surface area contributed by atoms with Gasteiger partial charge >= 0.3 is 5.97 Å². The van der Waals surface area contributed by atoms with Crippen LogP contribution in [0.2, 0.25) is 0 Å². The number of hydrogen-bond donors (Lipinski definition) is 3. The smallest absolute Gasteiger partial charge is 0.305 e. The fourth-order valence-electron chi connectivity index (χ4n) is 11.0. The average molecular weight is 1100 g/mol. The molecule has 0 radical (unpaired) electrons. The molecule has 0 aromatic carbocycles. The van der Waals surface area contributed by atoms with E-state index in [0.29, 0.717) is 19.4 Å². The summed E-state index contributed by atoms with van der Waals surface area (Å²) in [4.78, 5) is 24.5. The lowest BCUT2D eigenvalue weighted by molar-refractivity contribution is -0.143. The standard InChI is InChI=1S/C72H137NO5/c1-3-5-7-9-11-13-15-41-45-48-52-56-60-64-70(75)69(68-74)73-71(76)65-61-57-53-49-46-42-39-37-35-33-31-29-27-25-23-21-19-17-16-18-20-22-24-26-28-30-32-34-36-38-40-43-47-51-55-59-63-67-78-72(77)66-62-58-54-50-44-14-12-10-8-6-4-2/h10,12,16,18,60,64,69-70,74-75H,3-9,11,13-15,17,19-59,61-63,65-68H2,1-2H3,(H,73,76)/b12-10-,18-16-,64-60+. The van der Waals surface area contributed by atoms with E-state index in [1.54, 1.807) is 6.08 Å². The molecule has 0 heterocycles. The molecule has 2 unspecified atom stereocenters. The zero-order valence-corrected chi connectivity index (χ0v) is 52.7. The number of unbranched alkanes of at least 4 members (excludes halogenated alkanes) is 51. The van der Waals surface area contributed by atoms with Gasteiger partial charge in [-0.3, -0.25) is 9.59 Å². The van der Waals surface area contributed by atoms with E-state index in [1.165, 1.54) is 315 Å². The summed E-state index contributed by atoms with van der Waals surface area (Å²) in [6.07, 6.45) is 86.7. The van der Waals surface area contributed by atoms with E-state index in [9.17, 15) is 19.8 Å². The third kappa shape index (κ3) is 63.3. The van der Waals surface area contributed by atoms with Gasteiger partial charge in [0.1, 0.15) is 0 Å². The molecule has 0 saturated carbocycles. The summed E-state index contributed by atoms with van der Waals surface area (Å²) in [6.45, 7) is 4.88. The molecule has 6 heteroatoms. The maximum Gasteiger partial charge on any atom is 0.305 e. The number of hydrogen-bond acceptors (Lipinski definition) is 5. The molecule has 0 fully saturated rings. The quantitative estimate of drug-likeness (QED) is 0.0320. The number of rotatable bonds is 66. The summed E-state index contributed by atoms with van der Waals surface area (Å²) in [6, 6.07) is -0.624. The van der Waals surface area contributed by atoms with Crippen LogP contribution in [0.5, 0.6) is 0 Å². The molecule has 0 spiro atoms. The van der Waals surface area contributed by atoms with Crippen LogP contribution >= 0.6 is 0 Å². The van der Waals surface area contributed by atoms with Gasteiger partial charge in [-0.25, -0.2) is 0 Å². The fraction of sp³-hybridized carbons (Fsp3) is 0.889. The Balaban J connectivity index is 3.33. The van der Waals surface area contributed by atoms with Crippen LogP contribution in [0.25, 0.3) is 0 Å². The maximum atomic E-state index is 12.5. The summed E-state index contributed by atoms with van der Waals surface area (Å²) in [5.74, 6) is -0.0525. The number of aliphatic hydroxyl groups excluding tert-OH is 2. The summed E-state index contributed by atoms with van der Waals surface area (Å²) in [5.41, 5.74) is 0. The minimum atomic E-state index is -0.841. The zero-order valence-electron chi connectivity index (χ0n) is 52.7. The Morgan fingerprint density at radius 3 is 0.949 bits per heavy atom. The third-order valence-corrected chi connectivity index (χ3v) is 16.4. The molecule has 1 amide bonds. The summed E-state index contributed by atoms with van der Waals surface area (Å²) >= 11 is 0. The number of allylic oxidation sites excluding steroid dienone is 5. The second-order valence-corrected chi connectivity index (χ2v) is 24.2. The highest BCUT2D eigenvalue weighted by Crippen LogP contribution is 2.18. The van der Waals surface area contributed by atoms with E-state index >= 15 is 0 Å². The van der Waals surface area contributed by atoms with Crippen molar-refractivity contribution in [3.05, 3.63) is 36.5 Å². The van der Waals surface area contributed by atoms with Crippen molar-refractivity contribution in [1.82, 2.24) is 5.32 Å². The molecule has 0 aromatic heterocycles. The van der Waals surface area contributed by atoms with Gasteiger partial charge < -0.3 is 20.3 Å². The van der Waals surface area contributed by atoms with E-state index in [0.717, 1.165) is 44.9 Å². The van der Waals surface area contributed by atoms with Crippen LogP contribution in [-0.2, 0) is 14.3 Å². The molecule has 78 heavy (non-hydrogen) atoms. The molecule has 2 atom stereocenters. The van der Waals surface area contributed by atoms with E-state index in [-0.39, 0.29) is 18.5 Å². The SMILES string of the molecule is CCCC/C=C\CCCCCCCC(=O)OCCCCCCCCCCCCCCCCCC/C=C\CCCCCCCCCCCCCCCCCCCC(=O)NC(CO)C(O)/C=C/CCCCCCCCCCCCC. The molecule has 6 nitrogen and oxygen atoms in total. The zero-order chi connectivity index (χ0) is 56.4. The van der Waals surface area contributed by atoms with Gasteiger partial charge in [-0.2, -0.15) is 0 Å². The highest BCUT2D eigenvalue weighted by molar-refractivity contribution is 5.76. The molecule has 0 saturated heterocycles. The molecule has 0 rings (SSSR count). The Kier molecular flexibility index (Phi) is 65.9. The Morgan fingerprint density at radius 1 is 0.346 bits per heavy atom. The molecule has 0 bridgehead atoms. The molecule has 0 aromatic rings. The minimum absolute atomic E-state index is 0.0102. The van der Waals surface area contributed by atoms with Crippen LogP contribution in [0.3, 0.4) is 0 Å². The Hall–Kier alpha value is -1.92. The fourth-order valence-corrected chi connectivity index (χ4v) is 11.0. The van der Waals surface area contributed by atoms with E-state index in [4.69, 9.17) is 4.74 Å². The topological polar surface area (TPSA) is 95.9 Å². The van der Waals surface area contributed by atoms with E-state index < -0.39 is 12.1 Å². The van der Waals surface area contributed by atoms with Gasteiger partial charge in [0.2, 0.25) is 5.91 Å². The molecule has 3 N–H and O–H groups in total. The first-order valence-electron chi connectivity index (χ1n) is 35.3. The van der Waals surface area contributed by atoms with Crippen LogP contribution in [0, 0.1) is 0 Å². The van der Waals surface area contributed by atoms with Crippen LogP contribution in [0.15, 0.2) is 36.5 Å². The van der Waals surface area contributed by atoms with Crippen molar-refractivity contribution in [2.24, 2.45) is 0 Å². The first-order chi connectivity index (χ1) is 38.5. The van der Waals surface area contributed by atoms with Crippen molar-refractivity contribution in [3.8, 4) is 0 Å². The Morgan fingerprint density at radius 2 is 0.615 bits per heavy atom. The second-order valence-electron chi connectivity index (χ2n) is 24.2. The second kappa shape index (κ2) is 67.6. The van der Waals surface area contributed by atoms with Crippen LogP contribution in [-0.4, -0.2) is 47.4 Å². The molecular formula is C72H137NO5. The predicted octanol–water partition coefficient (Wildman–Crippen LogP) is 22.7. The summed E-state index contributed by atoms with van der Waals surface area (Å²) in [7, 11) is 0. The van der Waals surface area contributed by atoms with Crippen LogP contribution in [0.1, 0.15) is 386 Å². The number of ether oxygens (including phenoxy) is 1. The van der Waals surface area contributed by atoms with Crippen LogP contribution < -0.4 is 5.32 Å². The third-order valence-electron chi connectivity index (χ3n) is 16.4. The largest absolute Gasteiger partial charge is 0.466 e. The van der Waals surface area contributed by atoms with Gasteiger partial charge in [0.25, 0.3) is 0 Å².